The molecule has 43 heavy (non-hydrogen) atoms. The Labute approximate surface area is 258 Å². The highest BCUT2D eigenvalue weighted by atomic mass is 16.7. The fourth-order valence-electron chi connectivity index (χ4n) is 11.5. The number of carbonyl (C=O) groups excluding carboxylic acids is 3. The van der Waals surface area contributed by atoms with Crippen LogP contribution in [0.15, 0.2) is 35.1 Å². The predicted octanol–water partition coefficient (Wildman–Crippen LogP) is 7.87. The van der Waals surface area contributed by atoms with Gasteiger partial charge >= 0.3 is 11.9 Å². The molecule has 0 bridgehead atoms. The molecule has 6 nitrogen and oxygen atoms in total. The number of ether oxygens (including phenoxy) is 3. The zero-order valence-electron chi connectivity index (χ0n) is 27.9. The van der Waals surface area contributed by atoms with Gasteiger partial charge in [-0.15, -0.1) is 0 Å². The third-order valence-electron chi connectivity index (χ3n) is 14.1. The quantitative estimate of drug-likeness (QED) is 0.144. The maximum absolute atomic E-state index is 13.9. The summed E-state index contributed by atoms with van der Waals surface area (Å²) in [6, 6.07) is 0. The molecule has 5 aliphatic carbocycles. The maximum atomic E-state index is 13.9. The van der Waals surface area contributed by atoms with Crippen molar-refractivity contribution in [3.05, 3.63) is 35.1 Å². The lowest BCUT2D eigenvalue weighted by atomic mass is 9.33. The molecule has 6 aliphatic rings. The maximum Gasteiger partial charge on any atom is 0.336 e. The van der Waals surface area contributed by atoms with Crippen molar-refractivity contribution < 1.29 is 28.6 Å². The number of allylic oxidation sites excluding steroid dienone is 3. The van der Waals surface area contributed by atoms with Gasteiger partial charge in [0.1, 0.15) is 0 Å². The second-order valence-corrected chi connectivity index (χ2v) is 17.0. The van der Waals surface area contributed by atoms with Crippen LogP contribution in [0.5, 0.6) is 0 Å². The molecule has 0 aromatic heterocycles. The highest BCUT2D eigenvalue weighted by molar-refractivity contribution is 6.00. The molecule has 0 aromatic carbocycles. The monoisotopic (exact) mass is 592 g/mol. The van der Waals surface area contributed by atoms with Crippen molar-refractivity contribution in [3.8, 4) is 0 Å². The molecule has 8 atom stereocenters. The van der Waals surface area contributed by atoms with Crippen LogP contribution in [0.25, 0.3) is 0 Å². The Hall–Kier alpha value is -2.37. The molecule has 0 aromatic rings. The number of esters is 2. The molecule has 4 fully saturated rings. The van der Waals surface area contributed by atoms with Gasteiger partial charge in [-0.25, -0.2) is 4.79 Å². The number of fused-ring (bicyclic) bond motifs is 7. The lowest BCUT2D eigenvalue weighted by Gasteiger charge is -2.70. The van der Waals surface area contributed by atoms with Gasteiger partial charge < -0.3 is 14.2 Å². The van der Waals surface area contributed by atoms with Crippen LogP contribution in [-0.2, 0) is 28.6 Å². The lowest BCUT2D eigenvalue weighted by molar-refractivity contribution is -0.186. The summed E-state index contributed by atoms with van der Waals surface area (Å²) in [5.41, 5.74) is 1.90. The van der Waals surface area contributed by atoms with E-state index >= 15 is 0 Å². The molecule has 0 amide bonds. The summed E-state index contributed by atoms with van der Waals surface area (Å²) in [5.74, 6) is 0.614. The molecule has 0 N–H and O–H groups in total. The van der Waals surface area contributed by atoms with Gasteiger partial charge in [0.05, 0.1) is 18.8 Å². The van der Waals surface area contributed by atoms with Crippen molar-refractivity contribution in [2.45, 2.75) is 119 Å². The fraction of sp³-hybridized carbons (Fsp3) is 0.757. The molecule has 236 valence electrons. The third-order valence-corrected chi connectivity index (χ3v) is 14.1. The minimum Gasteiger partial charge on any atom is -0.469 e. The smallest absolute Gasteiger partial charge is 0.336 e. The summed E-state index contributed by atoms with van der Waals surface area (Å²) in [7, 11) is 1.56. The van der Waals surface area contributed by atoms with E-state index in [4.69, 9.17) is 14.2 Å². The van der Waals surface area contributed by atoms with Gasteiger partial charge in [-0.2, -0.15) is 0 Å². The Morgan fingerprint density at radius 2 is 1.67 bits per heavy atom. The van der Waals surface area contributed by atoms with Crippen molar-refractivity contribution in [1.82, 2.24) is 0 Å². The van der Waals surface area contributed by atoms with Gasteiger partial charge in [-0.05, 0) is 104 Å². The average molecular weight is 593 g/mol. The Kier molecular flexibility index (Phi) is 6.82. The Morgan fingerprint density at radius 3 is 2.33 bits per heavy atom. The first kappa shape index (κ1) is 30.6. The number of cyclic esters (lactones) is 1. The Balaban J connectivity index is 1.39. The summed E-state index contributed by atoms with van der Waals surface area (Å²) in [6.07, 6.45) is 13.6. The number of methoxy groups -OCH3 is 1. The van der Waals surface area contributed by atoms with E-state index in [2.05, 4.69) is 54.5 Å². The second kappa shape index (κ2) is 9.57. The van der Waals surface area contributed by atoms with Crippen LogP contribution in [0.4, 0.5) is 0 Å². The molecule has 1 unspecified atom stereocenters. The molecule has 1 aliphatic heterocycles. The molecular formula is C37H52O6. The van der Waals surface area contributed by atoms with Gasteiger partial charge in [0.25, 0.3) is 6.29 Å². The average Bonchev–Trinajstić information content (AvgIpc) is 3.26. The SMILES string of the molecule is COC(=O)[C@]12CCC(C)(C)C[C@H]1C1=CC[C@@H]3[C@@]4(C)C/C(=C\OC5C=C(C)C(=O)O5)C(=O)C(C)(C)[C@@H]4CC[C@@]3(C)[C@]1(C)CC2. The highest BCUT2D eigenvalue weighted by Gasteiger charge is 2.69. The molecule has 6 heteroatoms. The van der Waals surface area contributed by atoms with Crippen LogP contribution in [-0.4, -0.2) is 31.1 Å². The third kappa shape index (κ3) is 4.13. The normalized spacial score (nSPS) is 45.5. The summed E-state index contributed by atoms with van der Waals surface area (Å²) < 4.78 is 16.7. The van der Waals surface area contributed by atoms with Gasteiger partial charge in [-0.1, -0.05) is 60.1 Å². The van der Waals surface area contributed by atoms with Crippen LogP contribution >= 0.6 is 0 Å². The van der Waals surface area contributed by atoms with Gasteiger partial charge in [0.15, 0.2) is 5.78 Å². The van der Waals surface area contributed by atoms with Crippen LogP contribution < -0.4 is 0 Å². The van der Waals surface area contributed by atoms with Gasteiger partial charge in [-0.3, -0.25) is 9.59 Å². The van der Waals surface area contributed by atoms with E-state index in [0.29, 0.717) is 23.5 Å². The van der Waals surface area contributed by atoms with Crippen LogP contribution in [0.2, 0.25) is 0 Å². The fourth-order valence-corrected chi connectivity index (χ4v) is 11.5. The minimum absolute atomic E-state index is 0.0146. The largest absolute Gasteiger partial charge is 0.469 e. The standard InChI is InChI=1S/C37H52O6/c1-22-18-28(43-30(22)39)42-21-23-19-34(6)26(33(4,5)29(23)38)12-13-36(8)27(34)11-10-24-25-20-32(2,3)14-16-37(25,31(40)41-9)17-15-35(24,36)7/h10,18,21,25-28H,11-17,19-20H2,1-9H3/b23-21+/t25-,26-,27+,28?,34-,35+,36+,37-/m0/s1. The van der Waals surface area contributed by atoms with Crippen molar-refractivity contribution in [2.75, 3.05) is 7.11 Å². The van der Waals surface area contributed by atoms with Crippen LogP contribution in [0, 0.1) is 50.2 Å². The Morgan fingerprint density at radius 1 is 0.977 bits per heavy atom. The van der Waals surface area contributed by atoms with E-state index in [1.165, 1.54) is 5.57 Å². The van der Waals surface area contributed by atoms with E-state index < -0.39 is 17.1 Å². The topological polar surface area (TPSA) is 78.9 Å². The molecular weight excluding hydrogens is 540 g/mol. The van der Waals surface area contributed by atoms with Crippen molar-refractivity contribution in [2.24, 2.45) is 50.2 Å². The van der Waals surface area contributed by atoms with E-state index in [0.717, 1.165) is 51.4 Å². The number of carbonyl (C=O) groups is 3. The molecule has 1 heterocycles. The molecule has 4 saturated carbocycles. The number of hydrogen-bond acceptors (Lipinski definition) is 6. The first-order chi connectivity index (χ1) is 19.9. The first-order valence-electron chi connectivity index (χ1n) is 16.5. The van der Waals surface area contributed by atoms with Crippen LogP contribution in [0.1, 0.15) is 113 Å². The van der Waals surface area contributed by atoms with E-state index in [1.807, 2.05) is 0 Å². The second-order valence-electron chi connectivity index (χ2n) is 17.0. The number of hydrogen-bond donors (Lipinski definition) is 0. The van der Waals surface area contributed by atoms with Crippen molar-refractivity contribution in [1.29, 1.82) is 0 Å². The lowest BCUT2D eigenvalue weighted by Crippen LogP contribution is -2.65. The zero-order chi connectivity index (χ0) is 31.4. The van der Waals surface area contributed by atoms with E-state index in [9.17, 15) is 14.4 Å². The van der Waals surface area contributed by atoms with E-state index in [1.54, 1.807) is 26.4 Å². The van der Waals surface area contributed by atoms with Gasteiger partial charge in [0.2, 0.25) is 0 Å². The zero-order valence-corrected chi connectivity index (χ0v) is 27.9. The Bertz CT molecular complexity index is 1350. The van der Waals surface area contributed by atoms with E-state index in [-0.39, 0.29) is 51.2 Å². The summed E-state index contributed by atoms with van der Waals surface area (Å²) >= 11 is 0. The predicted molar refractivity (Wildman–Crippen MR) is 164 cm³/mol. The number of rotatable bonds is 3. The first-order valence-corrected chi connectivity index (χ1v) is 16.5. The summed E-state index contributed by atoms with van der Waals surface area (Å²) in [4.78, 5) is 39.3. The summed E-state index contributed by atoms with van der Waals surface area (Å²) in [5, 5.41) is 0. The minimum atomic E-state index is -0.783. The highest BCUT2D eigenvalue weighted by Crippen LogP contribution is 2.75. The molecule has 0 radical (unpaired) electrons. The van der Waals surface area contributed by atoms with Gasteiger partial charge in [0, 0.05) is 22.6 Å². The van der Waals surface area contributed by atoms with Crippen LogP contribution in [0.3, 0.4) is 0 Å². The van der Waals surface area contributed by atoms with Crippen molar-refractivity contribution in [3.63, 3.8) is 0 Å². The number of ketones is 1. The summed E-state index contributed by atoms with van der Waals surface area (Å²) in [6.45, 7) is 18.1. The molecule has 0 spiro atoms. The molecule has 6 rings (SSSR count). The number of Topliss-reactive ketones (excluding diaryl/α,β-unsaturated/α-hetero) is 1. The van der Waals surface area contributed by atoms with Crippen molar-refractivity contribution >= 4 is 17.7 Å². The molecule has 0 saturated heterocycles.